The maximum absolute atomic E-state index is 12.3. The molecule has 0 spiro atoms. The van der Waals surface area contributed by atoms with E-state index in [0.29, 0.717) is 36.3 Å². The van der Waals surface area contributed by atoms with Crippen molar-refractivity contribution < 1.29 is 18.5 Å². The summed E-state index contributed by atoms with van der Waals surface area (Å²) in [6.45, 7) is 6.43. The van der Waals surface area contributed by atoms with E-state index in [0.717, 1.165) is 5.56 Å². The fourth-order valence-electron chi connectivity index (χ4n) is 1.97. The van der Waals surface area contributed by atoms with Crippen LogP contribution in [0.5, 0.6) is 11.5 Å². The van der Waals surface area contributed by atoms with Crippen LogP contribution in [0.2, 0.25) is 5.02 Å². The lowest BCUT2D eigenvalue weighted by Gasteiger charge is -2.20. The first-order chi connectivity index (χ1) is 10.5. The van der Waals surface area contributed by atoms with Gasteiger partial charge >= 0.3 is 0 Å². The van der Waals surface area contributed by atoms with Gasteiger partial charge in [-0.15, -0.1) is 6.58 Å². The van der Waals surface area contributed by atoms with Gasteiger partial charge in [0.25, 0.3) is 0 Å². The molecule has 5 nitrogen and oxygen atoms in total. The van der Waals surface area contributed by atoms with Crippen molar-refractivity contribution in [1.29, 1.82) is 0 Å². The third-order valence-electron chi connectivity index (χ3n) is 3.15. The van der Waals surface area contributed by atoms with Crippen LogP contribution in [0.15, 0.2) is 24.8 Å². The molecule has 0 aromatic heterocycles. The first-order valence-electron chi connectivity index (χ1n) is 6.86. The maximum Gasteiger partial charge on any atom is 0.235 e. The second kappa shape index (κ2) is 7.65. The SMILES string of the molecule is C=CCNC(=O)C(C)S(=O)Cc1cc(Cl)c2c(c1)OCCO2. The number of hydrogen-bond donors (Lipinski definition) is 1. The summed E-state index contributed by atoms with van der Waals surface area (Å²) in [7, 11) is -1.36. The van der Waals surface area contributed by atoms with Crippen LogP contribution in [0.1, 0.15) is 12.5 Å². The lowest BCUT2D eigenvalue weighted by Crippen LogP contribution is -2.35. The summed E-state index contributed by atoms with van der Waals surface area (Å²) in [4.78, 5) is 11.8. The zero-order valence-corrected chi connectivity index (χ0v) is 13.8. The summed E-state index contributed by atoms with van der Waals surface area (Å²) in [6, 6.07) is 3.45. The zero-order chi connectivity index (χ0) is 16.1. The van der Waals surface area contributed by atoms with Crippen LogP contribution in [0.3, 0.4) is 0 Å². The molecule has 0 aliphatic carbocycles. The molecule has 1 aromatic carbocycles. The van der Waals surface area contributed by atoms with Crippen LogP contribution in [0.4, 0.5) is 0 Å². The fourth-order valence-corrected chi connectivity index (χ4v) is 3.33. The Morgan fingerprint density at radius 3 is 2.95 bits per heavy atom. The van der Waals surface area contributed by atoms with E-state index in [2.05, 4.69) is 11.9 Å². The summed E-state index contributed by atoms with van der Waals surface area (Å²) < 4.78 is 23.2. The van der Waals surface area contributed by atoms with Gasteiger partial charge in [-0.1, -0.05) is 17.7 Å². The van der Waals surface area contributed by atoms with E-state index in [4.69, 9.17) is 21.1 Å². The number of fused-ring (bicyclic) bond motifs is 1. The molecule has 0 saturated carbocycles. The second-order valence-electron chi connectivity index (χ2n) is 4.80. The average molecular weight is 344 g/mol. The summed E-state index contributed by atoms with van der Waals surface area (Å²) in [5.41, 5.74) is 0.746. The molecule has 22 heavy (non-hydrogen) atoms. The van der Waals surface area contributed by atoms with Gasteiger partial charge in [-0.05, 0) is 24.6 Å². The number of amides is 1. The van der Waals surface area contributed by atoms with E-state index in [-0.39, 0.29) is 11.7 Å². The van der Waals surface area contributed by atoms with Crippen molar-refractivity contribution in [2.45, 2.75) is 17.9 Å². The molecule has 7 heteroatoms. The number of carbonyl (C=O) groups is 1. The zero-order valence-electron chi connectivity index (χ0n) is 12.3. The number of halogens is 1. The minimum atomic E-state index is -1.36. The topological polar surface area (TPSA) is 64.6 Å². The first kappa shape index (κ1) is 16.8. The quantitative estimate of drug-likeness (QED) is 0.803. The maximum atomic E-state index is 12.3. The van der Waals surface area contributed by atoms with E-state index >= 15 is 0 Å². The number of ether oxygens (including phenoxy) is 2. The molecule has 2 unspecified atom stereocenters. The normalized spacial score (nSPS) is 15.7. The Balaban J connectivity index is 2.07. The van der Waals surface area contributed by atoms with Crippen LogP contribution >= 0.6 is 11.6 Å². The van der Waals surface area contributed by atoms with Gasteiger partial charge in [0.1, 0.15) is 18.5 Å². The molecule has 0 fully saturated rings. The molecule has 1 amide bonds. The molecule has 2 atom stereocenters. The monoisotopic (exact) mass is 343 g/mol. The van der Waals surface area contributed by atoms with Crippen LogP contribution < -0.4 is 14.8 Å². The van der Waals surface area contributed by atoms with Gasteiger partial charge in [0.15, 0.2) is 11.5 Å². The number of carbonyl (C=O) groups excluding carboxylic acids is 1. The molecular weight excluding hydrogens is 326 g/mol. The number of rotatable bonds is 6. The predicted molar refractivity (Wildman–Crippen MR) is 87.0 cm³/mol. The second-order valence-corrected chi connectivity index (χ2v) is 6.97. The van der Waals surface area contributed by atoms with E-state index < -0.39 is 16.0 Å². The van der Waals surface area contributed by atoms with Gasteiger partial charge < -0.3 is 14.8 Å². The molecule has 0 saturated heterocycles. The van der Waals surface area contributed by atoms with E-state index in [9.17, 15) is 9.00 Å². The molecule has 1 aliphatic heterocycles. The van der Waals surface area contributed by atoms with E-state index in [1.165, 1.54) is 0 Å². The molecular formula is C15H18ClNO4S. The number of benzene rings is 1. The molecule has 2 rings (SSSR count). The largest absolute Gasteiger partial charge is 0.486 e. The lowest BCUT2D eigenvalue weighted by atomic mass is 10.2. The van der Waals surface area contributed by atoms with E-state index in [1.807, 2.05) is 0 Å². The Morgan fingerprint density at radius 1 is 1.50 bits per heavy atom. The third kappa shape index (κ3) is 4.01. The van der Waals surface area contributed by atoms with Gasteiger partial charge in [-0.3, -0.25) is 9.00 Å². The first-order valence-corrected chi connectivity index (χ1v) is 8.62. The third-order valence-corrected chi connectivity index (χ3v) is 5.05. The van der Waals surface area contributed by atoms with Crippen LogP contribution in [0.25, 0.3) is 0 Å². The van der Waals surface area contributed by atoms with Gasteiger partial charge in [-0.2, -0.15) is 0 Å². The Morgan fingerprint density at radius 2 is 2.23 bits per heavy atom. The molecule has 1 N–H and O–H groups in total. The van der Waals surface area contributed by atoms with Crippen LogP contribution in [-0.4, -0.2) is 35.1 Å². The molecule has 120 valence electrons. The summed E-state index contributed by atoms with van der Waals surface area (Å²) in [6.07, 6.45) is 1.58. The van der Waals surface area contributed by atoms with Crippen molar-refractivity contribution >= 4 is 28.3 Å². The Kier molecular flexibility index (Phi) is 5.85. The number of hydrogen-bond acceptors (Lipinski definition) is 4. The number of nitrogens with one attached hydrogen (secondary N) is 1. The fraction of sp³-hybridized carbons (Fsp3) is 0.400. The van der Waals surface area contributed by atoms with Gasteiger partial charge in [-0.25, -0.2) is 0 Å². The van der Waals surface area contributed by atoms with Crippen LogP contribution in [-0.2, 0) is 21.3 Å². The molecule has 0 bridgehead atoms. The average Bonchev–Trinajstić information content (AvgIpc) is 2.51. The highest BCUT2D eigenvalue weighted by Crippen LogP contribution is 2.38. The Labute approximate surface area is 137 Å². The highest BCUT2D eigenvalue weighted by molar-refractivity contribution is 7.85. The highest BCUT2D eigenvalue weighted by atomic mass is 35.5. The summed E-state index contributed by atoms with van der Waals surface area (Å²) in [5.74, 6) is 1.02. The van der Waals surface area contributed by atoms with Crippen molar-refractivity contribution in [3.05, 3.63) is 35.4 Å². The molecule has 1 heterocycles. The molecule has 1 aliphatic rings. The van der Waals surface area contributed by atoms with E-state index in [1.54, 1.807) is 25.1 Å². The van der Waals surface area contributed by atoms with Crippen molar-refractivity contribution in [2.24, 2.45) is 0 Å². The Hall–Kier alpha value is -1.53. The van der Waals surface area contributed by atoms with Crippen molar-refractivity contribution in [3.63, 3.8) is 0 Å². The lowest BCUT2D eigenvalue weighted by molar-refractivity contribution is -0.120. The van der Waals surface area contributed by atoms with Crippen molar-refractivity contribution in [2.75, 3.05) is 19.8 Å². The molecule has 1 aromatic rings. The smallest absolute Gasteiger partial charge is 0.235 e. The van der Waals surface area contributed by atoms with Crippen LogP contribution in [0, 0.1) is 0 Å². The standard InChI is InChI=1S/C15H18ClNO4S/c1-3-4-17-15(18)10(2)22(19)9-11-7-12(16)14-13(8-11)20-5-6-21-14/h3,7-8,10H,1,4-6,9H2,2H3,(H,17,18). The van der Waals surface area contributed by atoms with Gasteiger partial charge in [0, 0.05) is 23.1 Å². The molecule has 0 radical (unpaired) electrons. The predicted octanol–water partition coefficient (Wildman–Crippen LogP) is 2.05. The summed E-state index contributed by atoms with van der Waals surface area (Å²) in [5, 5.41) is 2.44. The van der Waals surface area contributed by atoms with Crippen molar-refractivity contribution in [1.82, 2.24) is 5.32 Å². The van der Waals surface area contributed by atoms with Gasteiger partial charge in [0.2, 0.25) is 5.91 Å². The minimum absolute atomic E-state index is 0.221. The Bertz CT molecular complexity index is 605. The highest BCUT2D eigenvalue weighted by Gasteiger charge is 2.22. The summed E-state index contributed by atoms with van der Waals surface area (Å²) >= 11 is 6.15. The van der Waals surface area contributed by atoms with Crippen molar-refractivity contribution in [3.8, 4) is 11.5 Å². The minimum Gasteiger partial charge on any atom is -0.486 e. The van der Waals surface area contributed by atoms with Gasteiger partial charge in [0.05, 0.1) is 5.02 Å².